The third kappa shape index (κ3) is 4.66. The van der Waals surface area contributed by atoms with Crippen LogP contribution in [0.4, 0.5) is 11.5 Å². The number of hydrogen-bond donors (Lipinski definition) is 1. The van der Waals surface area contributed by atoms with Gasteiger partial charge in [-0.2, -0.15) is 5.26 Å². The van der Waals surface area contributed by atoms with Crippen molar-refractivity contribution >= 4 is 38.9 Å². The van der Waals surface area contributed by atoms with E-state index in [2.05, 4.69) is 19.8 Å². The van der Waals surface area contributed by atoms with Crippen LogP contribution < -0.4 is 9.80 Å². The minimum Gasteiger partial charge on any atom is -0.477 e. The summed E-state index contributed by atoms with van der Waals surface area (Å²) in [7, 11) is -3.77. The maximum atomic E-state index is 13.5. The highest BCUT2D eigenvalue weighted by molar-refractivity contribution is 7.92. The lowest BCUT2D eigenvalue weighted by atomic mass is 10.2. The van der Waals surface area contributed by atoms with Crippen molar-refractivity contribution in [3.63, 3.8) is 0 Å². The molecule has 5 rings (SSSR count). The zero-order valence-electron chi connectivity index (χ0n) is 19.0. The molecule has 3 fully saturated rings. The SMILES string of the molecule is N#Cc1ncc(C(=O)O)c(N2CC[C@H](S(=O)(=O)c3ccc(N4CCN(C5CC5)CC4)cc3Cl)C2)n1. The van der Waals surface area contributed by atoms with Gasteiger partial charge in [-0.25, -0.2) is 23.2 Å². The average Bonchev–Trinajstić information content (AvgIpc) is 3.58. The van der Waals surface area contributed by atoms with E-state index < -0.39 is 21.1 Å². The first-order chi connectivity index (χ1) is 16.8. The van der Waals surface area contributed by atoms with E-state index in [4.69, 9.17) is 16.9 Å². The van der Waals surface area contributed by atoms with Gasteiger partial charge in [0.25, 0.3) is 0 Å². The molecule has 0 spiro atoms. The Balaban J connectivity index is 1.32. The van der Waals surface area contributed by atoms with E-state index in [0.29, 0.717) is 0 Å². The number of rotatable bonds is 6. The van der Waals surface area contributed by atoms with Gasteiger partial charge in [0.15, 0.2) is 9.84 Å². The molecule has 35 heavy (non-hydrogen) atoms. The van der Waals surface area contributed by atoms with Gasteiger partial charge < -0.3 is 14.9 Å². The summed E-state index contributed by atoms with van der Waals surface area (Å²) in [6.07, 6.45) is 3.93. The Bertz CT molecular complexity index is 1300. The van der Waals surface area contributed by atoms with E-state index in [1.807, 2.05) is 6.07 Å². The lowest BCUT2D eigenvalue weighted by Crippen LogP contribution is -2.47. The third-order valence-corrected chi connectivity index (χ3v) is 9.60. The molecule has 2 saturated heterocycles. The largest absolute Gasteiger partial charge is 0.477 e. The van der Waals surface area contributed by atoms with Crippen LogP contribution in [0.3, 0.4) is 0 Å². The topological polar surface area (TPSA) is 131 Å². The quantitative estimate of drug-likeness (QED) is 0.608. The van der Waals surface area contributed by atoms with E-state index in [1.165, 1.54) is 12.8 Å². The summed E-state index contributed by atoms with van der Waals surface area (Å²) in [6, 6.07) is 7.63. The van der Waals surface area contributed by atoms with E-state index in [0.717, 1.165) is 44.1 Å². The summed E-state index contributed by atoms with van der Waals surface area (Å²) in [6.45, 7) is 4.08. The fourth-order valence-corrected chi connectivity index (χ4v) is 7.11. The predicted octanol–water partition coefficient (Wildman–Crippen LogP) is 2.04. The highest BCUT2D eigenvalue weighted by Crippen LogP contribution is 2.34. The normalized spacial score (nSPS) is 21.2. The summed E-state index contributed by atoms with van der Waals surface area (Å²) < 4.78 is 26.9. The summed E-state index contributed by atoms with van der Waals surface area (Å²) in [4.78, 5) is 25.7. The minimum absolute atomic E-state index is 0.0473. The van der Waals surface area contributed by atoms with Crippen LogP contribution in [0.5, 0.6) is 0 Å². The number of anilines is 2. The molecule has 2 aromatic rings. The summed E-state index contributed by atoms with van der Waals surface area (Å²) >= 11 is 6.50. The van der Waals surface area contributed by atoms with E-state index in [-0.39, 0.29) is 46.6 Å². The molecule has 0 unspecified atom stereocenters. The van der Waals surface area contributed by atoms with Gasteiger partial charge in [0.2, 0.25) is 5.82 Å². The molecular formula is C23H25ClN6O4S. The van der Waals surface area contributed by atoms with Gasteiger partial charge in [-0.15, -0.1) is 0 Å². The van der Waals surface area contributed by atoms with Crippen molar-refractivity contribution in [2.24, 2.45) is 0 Å². The van der Waals surface area contributed by atoms with Crippen molar-refractivity contribution in [3.8, 4) is 6.07 Å². The summed E-state index contributed by atoms with van der Waals surface area (Å²) in [5.41, 5.74) is 0.736. The molecule has 1 aromatic heterocycles. The standard InChI is InChI=1S/C23H25ClN6O4S/c24-19-11-16(29-9-7-28(8-10-29)15-1-2-15)3-4-20(19)35(33,34)17-5-6-30(14-17)22-18(23(31)32)13-26-21(12-25)27-22/h3-4,11,13,15,17H,1-2,5-10,14H2,(H,31,32)/t17-/m0/s1. The molecule has 3 aliphatic rings. The van der Waals surface area contributed by atoms with E-state index in [9.17, 15) is 18.3 Å². The van der Waals surface area contributed by atoms with Gasteiger partial charge in [-0.1, -0.05) is 11.6 Å². The number of carboxylic acids is 1. The van der Waals surface area contributed by atoms with Crippen LogP contribution in [-0.2, 0) is 9.84 Å². The molecular weight excluding hydrogens is 492 g/mol. The van der Waals surface area contributed by atoms with Crippen molar-refractivity contribution in [1.29, 1.82) is 5.26 Å². The van der Waals surface area contributed by atoms with Gasteiger partial charge >= 0.3 is 5.97 Å². The Labute approximate surface area is 208 Å². The molecule has 184 valence electrons. The number of carbonyl (C=O) groups is 1. The number of benzene rings is 1. The maximum absolute atomic E-state index is 13.5. The van der Waals surface area contributed by atoms with E-state index in [1.54, 1.807) is 23.1 Å². The maximum Gasteiger partial charge on any atom is 0.341 e. The minimum atomic E-state index is -3.77. The molecule has 1 aromatic carbocycles. The third-order valence-electron chi connectivity index (χ3n) is 6.95. The molecule has 10 nitrogen and oxygen atoms in total. The number of nitriles is 1. The molecule has 0 bridgehead atoms. The lowest BCUT2D eigenvalue weighted by Gasteiger charge is -2.36. The number of halogens is 1. The second-order valence-electron chi connectivity index (χ2n) is 9.12. The Morgan fingerprint density at radius 2 is 1.86 bits per heavy atom. The first kappa shape index (κ1) is 23.8. The van der Waals surface area contributed by atoms with Crippen molar-refractivity contribution < 1.29 is 18.3 Å². The zero-order valence-corrected chi connectivity index (χ0v) is 20.5. The van der Waals surface area contributed by atoms with Crippen molar-refractivity contribution in [2.75, 3.05) is 49.1 Å². The monoisotopic (exact) mass is 516 g/mol. The molecule has 2 aliphatic heterocycles. The van der Waals surface area contributed by atoms with Crippen LogP contribution >= 0.6 is 11.6 Å². The van der Waals surface area contributed by atoms with Crippen LogP contribution in [0, 0.1) is 11.3 Å². The number of nitrogens with zero attached hydrogens (tertiary/aromatic N) is 6. The van der Waals surface area contributed by atoms with Gasteiger partial charge in [0.1, 0.15) is 17.5 Å². The van der Waals surface area contributed by atoms with Gasteiger partial charge in [-0.3, -0.25) is 4.90 Å². The molecule has 3 heterocycles. The van der Waals surface area contributed by atoms with Gasteiger partial charge in [-0.05, 0) is 37.5 Å². The van der Waals surface area contributed by atoms with Crippen LogP contribution in [0.1, 0.15) is 35.4 Å². The Hall–Kier alpha value is -2.94. The van der Waals surface area contributed by atoms with Gasteiger partial charge in [0, 0.05) is 57.2 Å². The zero-order chi connectivity index (χ0) is 24.7. The number of piperazine rings is 1. The Morgan fingerprint density at radius 1 is 1.11 bits per heavy atom. The molecule has 0 amide bonds. The van der Waals surface area contributed by atoms with Crippen molar-refractivity contribution in [1.82, 2.24) is 14.9 Å². The van der Waals surface area contributed by atoms with Crippen LogP contribution in [-0.4, -0.2) is 84.9 Å². The fourth-order valence-electron chi connectivity index (χ4n) is 4.87. The Morgan fingerprint density at radius 3 is 2.49 bits per heavy atom. The average molecular weight is 517 g/mol. The van der Waals surface area contributed by atoms with Gasteiger partial charge in [0.05, 0.1) is 15.2 Å². The molecule has 0 radical (unpaired) electrons. The molecule has 1 saturated carbocycles. The van der Waals surface area contributed by atoms with Crippen molar-refractivity contribution in [3.05, 3.63) is 40.8 Å². The van der Waals surface area contributed by atoms with Crippen LogP contribution in [0.25, 0.3) is 0 Å². The highest BCUT2D eigenvalue weighted by Gasteiger charge is 2.38. The van der Waals surface area contributed by atoms with Crippen LogP contribution in [0.2, 0.25) is 5.02 Å². The van der Waals surface area contributed by atoms with Crippen molar-refractivity contribution in [2.45, 2.75) is 35.4 Å². The number of hydrogen-bond acceptors (Lipinski definition) is 9. The fraction of sp³-hybridized carbons (Fsp3) is 0.478. The molecule has 12 heteroatoms. The summed E-state index contributed by atoms with van der Waals surface area (Å²) in [5.74, 6) is -1.37. The molecule has 1 aliphatic carbocycles. The Kier molecular flexibility index (Phi) is 6.29. The van der Waals surface area contributed by atoms with Crippen LogP contribution in [0.15, 0.2) is 29.3 Å². The summed E-state index contributed by atoms with van der Waals surface area (Å²) in [5, 5.41) is 18.0. The highest BCUT2D eigenvalue weighted by atomic mass is 35.5. The van der Waals surface area contributed by atoms with E-state index >= 15 is 0 Å². The number of aromatic carboxylic acids is 1. The number of sulfone groups is 1. The number of carboxylic acid groups (broad SMARTS) is 1. The second kappa shape index (κ2) is 9.26. The second-order valence-corrected chi connectivity index (χ2v) is 11.7. The first-order valence-corrected chi connectivity index (χ1v) is 13.5. The molecule has 1 atom stereocenters. The lowest BCUT2D eigenvalue weighted by molar-refractivity contribution is 0.0696. The molecule has 1 N–H and O–H groups in total. The smallest absolute Gasteiger partial charge is 0.341 e. The predicted molar refractivity (Wildman–Crippen MR) is 130 cm³/mol. The number of aromatic nitrogens is 2. The first-order valence-electron chi connectivity index (χ1n) is 11.6.